The minimum atomic E-state index is -0.334. The molecule has 1 aromatic carbocycles. The third-order valence-corrected chi connectivity index (χ3v) is 2.69. The summed E-state index contributed by atoms with van der Waals surface area (Å²) in [5.41, 5.74) is 6.65. The number of hydrogen-bond donors (Lipinski definition) is 1. The summed E-state index contributed by atoms with van der Waals surface area (Å²) in [6.45, 7) is 1.04. The number of nitrogens with zero attached hydrogens (tertiary/aromatic N) is 2. The quantitative estimate of drug-likeness (QED) is 0.837. The molecule has 0 saturated carbocycles. The molecule has 0 amide bonds. The highest BCUT2D eigenvalue weighted by Gasteiger charge is 2.10. The van der Waals surface area contributed by atoms with Crippen LogP contribution in [-0.2, 0) is 13.6 Å². The molecule has 0 spiro atoms. The standard InChI is InChI=1S/C11H14FN3O/c1-14-9-4-3-8(12)7-10(9)15(11(14)16)6-2-5-13/h3-4,7H,2,5-6,13H2,1H3. The van der Waals surface area contributed by atoms with Crippen LogP contribution in [0.15, 0.2) is 23.0 Å². The molecule has 2 N–H and O–H groups in total. The average Bonchev–Trinajstić information content (AvgIpc) is 2.50. The van der Waals surface area contributed by atoms with Crippen molar-refractivity contribution in [2.24, 2.45) is 12.8 Å². The zero-order valence-corrected chi connectivity index (χ0v) is 9.11. The van der Waals surface area contributed by atoms with Crippen LogP contribution < -0.4 is 11.4 Å². The fourth-order valence-corrected chi connectivity index (χ4v) is 1.85. The summed E-state index contributed by atoms with van der Waals surface area (Å²) in [6.07, 6.45) is 0.704. The second-order valence-electron chi connectivity index (χ2n) is 3.77. The summed E-state index contributed by atoms with van der Waals surface area (Å²) < 4.78 is 16.2. The Morgan fingerprint density at radius 2 is 2.12 bits per heavy atom. The van der Waals surface area contributed by atoms with E-state index in [0.29, 0.717) is 25.0 Å². The third kappa shape index (κ3) is 1.63. The van der Waals surface area contributed by atoms with Crippen LogP contribution in [-0.4, -0.2) is 15.7 Å². The first-order chi connectivity index (χ1) is 7.65. The van der Waals surface area contributed by atoms with Gasteiger partial charge >= 0.3 is 5.69 Å². The molecule has 86 valence electrons. The Kier molecular flexibility index (Phi) is 2.78. The van der Waals surface area contributed by atoms with Gasteiger partial charge in [-0.25, -0.2) is 9.18 Å². The summed E-state index contributed by atoms with van der Waals surface area (Å²) in [7, 11) is 1.68. The van der Waals surface area contributed by atoms with E-state index in [1.165, 1.54) is 16.7 Å². The largest absolute Gasteiger partial charge is 0.330 e. The molecule has 1 aromatic heterocycles. The molecule has 16 heavy (non-hydrogen) atoms. The number of imidazole rings is 1. The number of benzene rings is 1. The molecule has 0 aliphatic heterocycles. The number of fused-ring (bicyclic) bond motifs is 1. The van der Waals surface area contributed by atoms with Crippen LogP contribution in [0.2, 0.25) is 0 Å². The van der Waals surface area contributed by atoms with Crippen molar-refractivity contribution >= 4 is 11.0 Å². The van der Waals surface area contributed by atoms with E-state index in [4.69, 9.17) is 5.73 Å². The van der Waals surface area contributed by atoms with Crippen LogP contribution in [0, 0.1) is 5.82 Å². The normalized spacial score (nSPS) is 11.2. The predicted molar refractivity (Wildman–Crippen MR) is 60.8 cm³/mol. The Morgan fingerprint density at radius 1 is 1.38 bits per heavy atom. The molecule has 0 aliphatic rings. The van der Waals surface area contributed by atoms with E-state index in [0.717, 1.165) is 5.52 Å². The van der Waals surface area contributed by atoms with Crippen molar-refractivity contribution < 1.29 is 4.39 Å². The van der Waals surface area contributed by atoms with Crippen molar-refractivity contribution in [3.8, 4) is 0 Å². The Bertz CT molecular complexity index is 570. The molecule has 0 bridgehead atoms. The topological polar surface area (TPSA) is 53.0 Å². The number of halogens is 1. The Morgan fingerprint density at radius 3 is 2.81 bits per heavy atom. The van der Waals surface area contributed by atoms with Gasteiger partial charge in [-0.2, -0.15) is 0 Å². The van der Waals surface area contributed by atoms with Crippen molar-refractivity contribution in [3.63, 3.8) is 0 Å². The molecule has 2 rings (SSSR count). The zero-order chi connectivity index (χ0) is 11.7. The van der Waals surface area contributed by atoms with E-state index in [2.05, 4.69) is 0 Å². The van der Waals surface area contributed by atoms with Crippen LogP contribution in [0.25, 0.3) is 11.0 Å². The molecule has 5 heteroatoms. The van der Waals surface area contributed by atoms with Crippen LogP contribution in [0.3, 0.4) is 0 Å². The van der Waals surface area contributed by atoms with Crippen molar-refractivity contribution in [1.29, 1.82) is 0 Å². The lowest BCUT2D eigenvalue weighted by molar-refractivity contribution is 0.619. The fraction of sp³-hybridized carbons (Fsp3) is 0.364. The molecule has 2 aromatic rings. The summed E-state index contributed by atoms with van der Waals surface area (Å²) in [5, 5.41) is 0. The maximum atomic E-state index is 13.1. The maximum absolute atomic E-state index is 13.1. The molecule has 0 fully saturated rings. The second kappa shape index (κ2) is 4.09. The van der Waals surface area contributed by atoms with Crippen molar-refractivity contribution in [1.82, 2.24) is 9.13 Å². The van der Waals surface area contributed by atoms with E-state index < -0.39 is 0 Å². The molecular formula is C11H14FN3O. The van der Waals surface area contributed by atoms with Gasteiger partial charge in [0.05, 0.1) is 11.0 Å². The highest BCUT2D eigenvalue weighted by atomic mass is 19.1. The highest BCUT2D eigenvalue weighted by Crippen LogP contribution is 2.14. The van der Waals surface area contributed by atoms with Gasteiger partial charge in [-0.05, 0) is 31.2 Å². The maximum Gasteiger partial charge on any atom is 0.328 e. The number of rotatable bonds is 3. The van der Waals surface area contributed by atoms with E-state index in [1.807, 2.05) is 0 Å². The van der Waals surface area contributed by atoms with Gasteiger partial charge in [0.2, 0.25) is 0 Å². The second-order valence-corrected chi connectivity index (χ2v) is 3.77. The first-order valence-electron chi connectivity index (χ1n) is 5.20. The van der Waals surface area contributed by atoms with Crippen LogP contribution in [0.5, 0.6) is 0 Å². The predicted octanol–water partition coefficient (Wildman–Crippen LogP) is 0.828. The van der Waals surface area contributed by atoms with Gasteiger partial charge in [0.15, 0.2) is 0 Å². The zero-order valence-electron chi connectivity index (χ0n) is 9.11. The van der Waals surface area contributed by atoms with Gasteiger partial charge in [0, 0.05) is 13.6 Å². The van der Waals surface area contributed by atoms with E-state index >= 15 is 0 Å². The van der Waals surface area contributed by atoms with Crippen LogP contribution in [0.4, 0.5) is 4.39 Å². The van der Waals surface area contributed by atoms with Crippen LogP contribution in [0.1, 0.15) is 6.42 Å². The molecular weight excluding hydrogens is 209 g/mol. The van der Waals surface area contributed by atoms with Gasteiger partial charge < -0.3 is 5.73 Å². The van der Waals surface area contributed by atoms with Gasteiger partial charge in [-0.1, -0.05) is 0 Å². The molecule has 0 atom stereocenters. The Labute approximate surface area is 92.1 Å². The monoisotopic (exact) mass is 223 g/mol. The lowest BCUT2D eigenvalue weighted by Gasteiger charge is -2.00. The smallest absolute Gasteiger partial charge is 0.328 e. The van der Waals surface area contributed by atoms with Gasteiger partial charge in [-0.3, -0.25) is 9.13 Å². The molecule has 4 nitrogen and oxygen atoms in total. The average molecular weight is 223 g/mol. The van der Waals surface area contributed by atoms with Gasteiger partial charge in [-0.15, -0.1) is 0 Å². The molecule has 0 unspecified atom stereocenters. The Balaban J connectivity index is 2.66. The van der Waals surface area contributed by atoms with Crippen molar-refractivity contribution in [2.75, 3.05) is 6.54 Å². The number of nitrogens with two attached hydrogens (primary N) is 1. The van der Waals surface area contributed by atoms with Crippen molar-refractivity contribution in [2.45, 2.75) is 13.0 Å². The van der Waals surface area contributed by atoms with Gasteiger partial charge in [0.1, 0.15) is 5.82 Å². The first-order valence-corrected chi connectivity index (χ1v) is 5.20. The number of aryl methyl sites for hydroxylation is 2. The Hall–Kier alpha value is -1.62. The summed E-state index contributed by atoms with van der Waals surface area (Å²) in [4.78, 5) is 11.9. The van der Waals surface area contributed by atoms with E-state index in [1.54, 1.807) is 17.7 Å². The van der Waals surface area contributed by atoms with Gasteiger partial charge in [0.25, 0.3) is 0 Å². The lowest BCUT2D eigenvalue weighted by atomic mass is 10.3. The SMILES string of the molecule is Cn1c(=O)n(CCCN)c2cc(F)ccc21. The summed E-state index contributed by atoms with van der Waals surface area (Å²) in [6, 6.07) is 4.35. The summed E-state index contributed by atoms with van der Waals surface area (Å²) in [5.74, 6) is -0.334. The molecule has 0 aliphatic carbocycles. The number of aromatic nitrogens is 2. The van der Waals surface area contributed by atoms with Crippen LogP contribution >= 0.6 is 0 Å². The van der Waals surface area contributed by atoms with E-state index in [-0.39, 0.29) is 11.5 Å². The minimum Gasteiger partial charge on any atom is -0.330 e. The fourth-order valence-electron chi connectivity index (χ4n) is 1.85. The summed E-state index contributed by atoms with van der Waals surface area (Å²) >= 11 is 0. The highest BCUT2D eigenvalue weighted by molar-refractivity contribution is 5.76. The molecule has 1 heterocycles. The molecule has 0 radical (unpaired) electrons. The molecule has 0 saturated heterocycles. The third-order valence-electron chi connectivity index (χ3n) is 2.69. The minimum absolute atomic E-state index is 0.131. The first kappa shape index (κ1) is 10.9. The number of hydrogen-bond acceptors (Lipinski definition) is 2. The van der Waals surface area contributed by atoms with E-state index in [9.17, 15) is 9.18 Å². The van der Waals surface area contributed by atoms with Crippen molar-refractivity contribution in [3.05, 3.63) is 34.5 Å². The lowest BCUT2D eigenvalue weighted by Crippen LogP contribution is -2.23.